The summed E-state index contributed by atoms with van der Waals surface area (Å²) in [6.07, 6.45) is 5.38. The lowest BCUT2D eigenvalue weighted by atomic mass is 9.99. The van der Waals surface area contributed by atoms with Crippen molar-refractivity contribution in [2.75, 3.05) is 26.7 Å². The van der Waals surface area contributed by atoms with Gasteiger partial charge in [-0.1, -0.05) is 20.8 Å². The first-order chi connectivity index (χ1) is 9.10. The van der Waals surface area contributed by atoms with Crippen LogP contribution in [0.4, 0.5) is 0 Å². The maximum absolute atomic E-state index is 4.44. The van der Waals surface area contributed by atoms with Crippen LogP contribution < -0.4 is 0 Å². The molecule has 4 heteroatoms. The topological polar surface area (TPSA) is 24.3 Å². The van der Waals surface area contributed by atoms with Crippen LogP contribution in [0.3, 0.4) is 0 Å². The van der Waals surface area contributed by atoms with Crippen LogP contribution in [-0.4, -0.2) is 52.3 Å². The number of nitrogens with zero attached hydrogens (tertiary/aromatic N) is 4. The molecule has 1 fully saturated rings. The fourth-order valence-electron chi connectivity index (χ4n) is 2.89. The molecule has 108 valence electrons. The van der Waals surface area contributed by atoms with Gasteiger partial charge in [0, 0.05) is 50.5 Å². The Morgan fingerprint density at radius 3 is 2.84 bits per heavy atom. The van der Waals surface area contributed by atoms with E-state index in [1.165, 1.54) is 18.7 Å². The minimum absolute atomic E-state index is 0.660. The van der Waals surface area contributed by atoms with Crippen LogP contribution in [0.5, 0.6) is 0 Å². The zero-order valence-electron chi connectivity index (χ0n) is 12.8. The largest absolute Gasteiger partial charge is 0.304 e. The normalized spacial score (nSPS) is 22.3. The van der Waals surface area contributed by atoms with Gasteiger partial charge in [0.05, 0.1) is 6.20 Å². The molecule has 0 saturated carbocycles. The van der Waals surface area contributed by atoms with Gasteiger partial charge in [-0.05, 0) is 19.4 Å². The van der Waals surface area contributed by atoms with Crippen molar-refractivity contribution in [2.24, 2.45) is 5.92 Å². The zero-order chi connectivity index (χ0) is 13.8. The molecule has 0 radical (unpaired) electrons. The molecule has 0 spiro atoms. The van der Waals surface area contributed by atoms with Crippen molar-refractivity contribution in [2.45, 2.75) is 46.3 Å². The quantitative estimate of drug-likeness (QED) is 0.813. The summed E-state index contributed by atoms with van der Waals surface area (Å²) >= 11 is 0. The Kier molecular flexibility index (Phi) is 4.99. The van der Waals surface area contributed by atoms with Gasteiger partial charge in [0.1, 0.15) is 0 Å². The minimum atomic E-state index is 0.660. The van der Waals surface area contributed by atoms with Crippen LogP contribution in [0, 0.1) is 5.92 Å². The second-order valence-corrected chi connectivity index (χ2v) is 6.16. The number of likely N-dealkylation sites (N-methyl/N-ethyl adjacent to an activating group) is 1. The summed E-state index contributed by atoms with van der Waals surface area (Å²) in [4.78, 5) is 5.07. The van der Waals surface area contributed by atoms with Gasteiger partial charge in [-0.25, -0.2) is 0 Å². The van der Waals surface area contributed by atoms with E-state index in [-0.39, 0.29) is 0 Å². The molecule has 0 unspecified atom stereocenters. The molecule has 19 heavy (non-hydrogen) atoms. The van der Waals surface area contributed by atoms with Gasteiger partial charge in [-0.2, -0.15) is 5.10 Å². The monoisotopic (exact) mass is 264 g/mol. The molecule has 1 aliphatic heterocycles. The van der Waals surface area contributed by atoms with Crippen molar-refractivity contribution in [3.8, 4) is 0 Å². The average molecular weight is 264 g/mol. The third-order valence-electron chi connectivity index (χ3n) is 4.03. The molecule has 0 bridgehead atoms. The summed E-state index contributed by atoms with van der Waals surface area (Å²) in [5.41, 5.74) is 1.35. The second kappa shape index (κ2) is 6.53. The van der Waals surface area contributed by atoms with Crippen LogP contribution in [-0.2, 0) is 13.1 Å². The predicted octanol–water partition coefficient (Wildman–Crippen LogP) is 2.07. The SMILES string of the molecule is CCCn1cc(CN2CCN(C)C[C@@H]2C(C)C)cn1. The highest BCUT2D eigenvalue weighted by molar-refractivity contribution is 5.04. The summed E-state index contributed by atoms with van der Waals surface area (Å²) in [7, 11) is 2.23. The molecular formula is C15H28N4. The Bertz CT molecular complexity index is 385. The van der Waals surface area contributed by atoms with Crippen molar-refractivity contribution in [3.05, 3.63) is 18.0 Å². The molecule has 1 aromatic rings. The van der Waals surface area contributed by atoms with E-state index in [9.17, 15) is 0 Å². The molecule has 1 atom stereocenters. The number of rotatable bonds is 5. The zero-order valence-corrected chi connectivity index (χ0v) is 12.8. The standard InChI is InChI=1S/C15H28N4/c1-5-6-19-11-14(9-16-19)10-18-8-7-17(4)12-15(18)13(2)3/h9,11,13,15H,5-8,10,12H2,1-4H3/t15-/m1/s1. The second-order valence-electron chi connectivity index (χ2n) is 6.16. The van der Waals surface area contributed by atoms with E-state index in [1.807, 2.05) is 6.20 Å². The first-order valence-electron chi connectivity index (χ1n) is 7.54. The van der Waals surface area contributed by atoms with Crippen LogP contribution in [0.2, 0.25) is 0 Å². The Morgan fingerprint density at radius 1 is 1.37 bits per heavy atom. The Labute approximate surface area is 117 Å². The third-order valence-corrected chi connectivity index (χ3v) is 4.03. The molecule has 2 rings (SSSR count). The highest BCUT2D eigenvalue weighted by atomic mass is 15.3. The molecule has 0 N–H and O–H groups in total. The maximum atomic E-state index is 4.44. The summed E-state index contributed by atoms with van der Waals surface area (Å²) in [6.45, 7) is 12.4. The fraction of sp³-hybridized carbons (Fsp3) is 0.800. The van der Waals surface area contributed by atoms with E-state index < -0.39 is 0 Å². The molecule has 0 aliphatic carbocycles. The summed E-state index contributed by atoms with van der Waals surface area (Å²) in [5.74, 6) is 0.702. The average Bonchev–Trinajstić information content (AvgIpc) is 2.79. The van der Waals surface area contributed by atoms with Gasteiger partial charge in [-0.15, -0.1) is 0 Å². The summed E-state index contributed by atoms with van der Waals surface area (Å²) in [6, 6.07) is 0.660. The molecule has 4 nitrogen and oxygen atoms in total. The van der Waals surface area contributed by atoms with Crippen molar-refractivity contribution in [3.63, 3.8) is 0 Å². The lowest BCUT2D eigenvalue weighted by Crippen LogP contribution is -2.53. The molecule has 1 aliphatic rings. The molecule has 2 heterocycles. The molecule has 1 saturated heterocycles. The highest BCUT2D eigenvalue weighted by Crippen LogP contribution is 2.19. The number of hydrogen-bond donors (Lipinski definition) is 0. The lowest BCUT2D eigenvalue weighted by Gasteiger charge is -2.42. The van der Waals surface area contributed by atoms with Gasteiger partial charge >= 0.3 is 0 Å². The van der Waals surface area contributed by atoms with Gasteiger partial charge in [-0.3, -0.25) is 9.58 Å². The van der Waals surface area contributed by atoms with Gasteiger partial charge in [0.15, 0.2) is 0 Å². The first-order valence-corrected chi connectivity index (χ1v) is 7.54. The third kappa shape index (κ3) is 3.80. The smallest absolute Gasteiger partial charge is 0.0534 e. The number of piperazine rings is 1. The molecule has 1 aromatic heterocycles. The Hall–Kier alpha value is -0.870. The van der Waals surface area contributed by atoms with Crippen molar-refractivity contribution in [1.29, 1.82) is 0 Å². The lowest BCUT2D eigenvalue weighted by molar-refractivity contribution is 0.0571. The Morgan fingerprint density at radius 2 is 2.16 bits per heavy atom. The van der Waals surface area contributed by atoms with E-state index in [2.05, 4.69) is 53.6 Å². The van der Waals surface area contributed by atoms with Crippen LogP contribution in [0.15, 0.2) is 12.4 Å². The van der Waals surface area contributed by atoms with Crippen molar-refractivity contribution in [1.82, 2.24) is 19.6 Å². The minimum Gasteiger partial charge on any atom is -0.304 e. The number of hydrogen-bond acceptors (Lipinski definition) is 3. The van der Waals surface area contributed by atoms with Gasteiger partial charge in [0.25, 0.3) is 0 Å². The van der Waals surface area contributed by atoms with Crippen molar-refractivity contribution >= 4 is 0 Å². The van der Waals surface area contributed by atoms with Crippen LogP contribution in [0.25, 0.3) is 0 Å². The first kappa shape index (κ1) is 14.5. The van der Waals surface area contributed by atoms with E-state index >= 15 is 0 Å². The summed E-state index contributed by atoms with van der Waals surface area (Å²) in [5, 5.41) is 4.44. The van der Waals surface area contributed by atoms with Crippen molar-refractivity contribution < 1.29 is 0 Å². The molecular weight excluding hydrogens is 236 g/mol. The molecule has 0 amide bonds. The maximum Gasteiger partial charge on any atom is 0.0534 e. The number of aryl methyl sites for hydroxylation is 1. The highest BCUT2D eigenvalue weighted by Gasteiger charge is 2.27. The van der Waals surface area contributed by atoms with E-state index in [4.69, 9.17) is 0 Å². The van der Waals surface area contributed by atoms with Gasteiger partial charge in [0.2, 0.25) is 0 Å². The van der Waals surface area contributed by atoms with E-state index in [1.54, 1.807) is 0 Å². The predicted molar refractivity (Wildman–Crippen MR) is 79.1 cm³/mol. The molecule has 0 aromatic carbocycles. The fourth-order valence-corrected chi connectivity index (χ4v) is 2.89. The van der Waals surface area contributed by atoms with Crippen LogP contribution >= 0.6 is 0 Å². The van der Waals surface area contributed by atoms with E-state index in [0.717, 1.165) is 26.1 Å². The van der Waals surface area contributed by atoms with Crippen LogP contribution in [0.1, 0.15) is 32.8 Å². The summed E-state index contributed by atoms with van der Waals surface area (Å²) < 4.78 is 2.07. The number of aromatic nitrogens is 2. The van der Waals surface area contributed by atoms with E-state index in [0.29, 0.717) is 12.0 Å². The Balaban J connectivity index is 1.99. The van der Waals surface area contributed by atoms with Gasteiger partial charge < -0.3 is 4.90 Å².